The standard InChI is InChI=1S/C13H12F4N4O/c14-7-1-4-9(18-6-7)12-20-11(22-21-12)5-10(13(15,16)17)19-8-2-3-8/h1,4,6,8,10,19H,2-3,5H2. The largest absolute Gasteiger partial charge is 0.404 e. The van der Waals surface area contributed by atoms with Crippen molar-refractivity contribution >= 4 is 0 Å². The summed E-state index contributed by atoms with van der Waals surface area (Å²) in [6.07, 6.45) is -2.40. The fraction of sp³-hybridized carbons (Fsp3) is 0.462. The van der Waals surface area contributed by atoms with E-state index in [1.807, 2.05) is 0 Å². The lowest BCUT2D eigenvalue weighted by Gasteiger charge is -2.19. The summed E-state index contributed by atoms with van der Waals surface area (Å²) in [7, 11) is 0. The van der Waals surface area contributed by atoms with Gasteiger partial charge in [0.15, 0.2) is 0 Å². The Morgan fingerprint density at radius 2 is 2.09 bits per heavy atom. The second-order valence-corrected chi connectivity index (χ2v) is 5.11. The average molecular weight is 316 g/mol. The quantitative estimate of drug-likeness (QED) is 0.859. The molecule has 3 rings (SSSR count). The molecular formula is C13H12F4N4O. The van der Waals surface area contributed by atoms with Crippen molar-refractivity contribution < 1.29 is 22.1 Å². The van der Waals surface area contributed by atoms with E-state index in [1.54, 1.807) is 0 Å². The maximum absolute atomic E-state index is 13.0. The topological polar surface area (TPSA) is 63.8 Å². The SMILES string of the molecule is Fc1ccc(-c2noc(CC(NC3CC3)C(F)(F)F)n2)nc1. The van der Waals surface area contributed by atoms with Crippen molar-refractivity contribution in [1.29, 1.82) is 0 Å². The number of nitrogens with one attached hydrogen (secondary N) is 1. The molecule has 2 heterocycles. The molecule has 1 atom stereocenters. The fourth-order valence-electron chi connectivity index (χ4n) is 1.93. The molecule has 1 aliphatic carbocycles. The molecule has 1 saturated carbocycles. The van der Waals surface area contributed by atoms with E-state index in [-0.39, 0.29) is 23.5 Å². The second kappa shape index (κ2) is 5.64. The Balaban J connectivity index is 1.73. The van der Waals surface area contributed by atoms with E-state index in [1.165, 1.54) is 6.07 Å². The Morgan fingerprint density at radius 1 is 1.32 bits per heavy atom. The number of nitrogens with zero attached hydrogens (tertiary/aromatic N) is 3. The van der Waals surface area contributed by atoms with Crippen molar-refractivity contribution in [3.05, 3.63) is 30.0 Å². The van der Waals surface area contributed by atoms with Gasteiger partial charge in [-0.1, -0.05) is 5.16 Å². The number of aromatic nitrogens is 3. The van der Waals surface area contributed by atoms with Gasteiger partial charge in [-0.2, -0.15) is 18.2 Å². The third-order valence-corrected chi connectivity index (χ3v) is 3.21. The molecule has 1 N–H and O–H groups in total. The first-order valence-corrected chi connectivity index (χ1v) is 6.69. The smallest absolute Gasteiger partial charge is 0.339 e. The van der Waals surface area contributed by atoms with Gasteiger partial charge < -0.3 is 9.84 Å². The van der Waals surface area contributed by atoms with Crippen LogP contribution in [0.1, 0.15) is 18.7 Å². The predicted molar refractivity (Wildman–Crippen MR) is 67.2 cm³/mol. The third-order valence-electron chi connectivity index (χ3n) is 3.21. The van der Waals surface area contributed by atoms with E-state index >= 15 is 0 Å². The molecule has 0 amide bonds. The van der Waals surface area contributed by atoms with Crippen LogP contribution < -0.4 is 5.32 Å². The normalized spacial score (nSPS) is 16.7. The molecule has 0 bridgehead atoms. The molecule has 0 spiro atoms. The van der Waals surface area contributed by atoms with E-state index in [0.29, 0.717) is 0 Å². The highest BCUT2D eigenvalue weighted by Crippen LogP contribution is 2.28. The van der Waals surface area contributed by atoms with E-state index in [9.17, 15) is 17.6 Å². The highest BCUT2D eigenvalue weighted by Gasteiger charge is 2.43. The number of rotatable bonds is 5. The molecule has 0 saturated heterocycles. The van der Waals surface area contributed by atoms with Gasteiger partial charge in [0.2, 0.25) is 11.7 Å². The molecule has 1 fully saturated rings. The first-order valence-electron chi connectivity index (χ1n) is 6.69. The minimum Gasteiger partial charge on any atom is -0.339 e. The molecule has 2 aromatic heterocycles. The lowest BCUT2D eigenvalue weighted by atomic mass is 10.2. The fourth-order valence-corrected chi connectivity index (χ4v) is 1.93. The van der Waals surface area contributed by atoms with Gasteiger partial charge >= 0.3 is 6.18 Å². The summed E-state index contributed by atoms with van der Waals surface area (Å²) in [6.45, 7) is 0. The second-order valence-electron chi connectivity index (χ2n) is 5.11. The van der Waals surface area contributed by atoms with E-state index in [2.05, 4.69) is 20.4 Å². The molecule has 0 aliphatic heterocycles. The zero-order valence-corrected chi connectivity index (χ0v) is 11.3. The molecule has 2 aromatic rings. The summed E-state index contributed by atoms with van der Waals surface area (Å²) in [6, 6.07) is 0.654. The van der Waals surface area contributed by atoms with Crippen molar-refractivity contribution in [2.24, 2.45) is 0 Å². The molecule has 0 aromatic carbocycles. The summed E-state index contributed by atoms with van der Waals surface area (Å²) in [4.78, 5) is 7.64. The summed E-state index contributed by atoms with van der Waals surface area (Å²) in [5.41, 5.74) is 0.232. The number of halogens is 4. The predicted octanol–water partition coefficient (Wildman–Crippen LogP) is 2.50. The molecule has 118 valence electrons. The minimum atomic E-state index is -4.40. The number of alkyl halides is 3. The minimum absolute atomic E-state index is 0.0300. The van der Waals surface area contributed by atoms with Gasteiger partial charge in [0.1, 0.15) is 17.6 Å². The summed E-state index contributed by atoms with van der Waals surface area (Å²) >= 11 is 0. The van der Waals surface area contributed by atoms with Crippen LogP contribution in [-0.4, -0.2) is 33.4 Å². The number of pyridine rings is 1. The van der Waals surface area contributed by atoms with Crippen molar-refractivity contribution in [1.82, 2.24) is 20.4 Å². The lowest BCUT2D eigenvalue weighted by molar-refractivity contribution is -0.157. The first-order chi connectivity index (χ1) is 10.4. The van der Waals surface area contributed by atoms with E-state index in [4.69, 9.17) is 4.52 Å². The van der Waals surface area contributed by atoms with E-state index < -0.39 is 24.5 Å². The highest BCUT2D eigenvalue weighted by atomic mass is 19.4. The zero-order chi connectivity index (χ0) is 15.7. The third kappa shape index (κ3) is 3.59. The van der Waals surface area contributed by atoms with Gasteiger partial charge in [-0.05, 0) is 25.0 Å². The molecule has 22 heavy (non-hydrogen) atoms. The van der Waals surface area contributed by atoms with Crippen LogP contribution in [0.5, 0.6) is 0 Å². The van der Waals surface area contributed by atoms with Crippen molar-refractivity contribution in [2.45, 2.75) is 37.5 Å². The number of hydrogen-bond acceptors (Lipinski definition) is 5. The van der Waals surface area contributed by atoms with Crippen molar-refractivity contribution in [3.8, 4) is 11.5 Å². The van der Waals surface area contributed by atoms with Crippen LogP contribution in [0.4, 0.5) is 17.6 Å². The Hall–Kier alpha value is -2.03. The Morgan fingerprint density at radius 3 is 2.68 bits per heavy atom. The lowest BCUT2D eigenvalue weighted by Crippen LogP contribution is -2.45. The van der Waals surface area contributed by atoms with Gasteiger partial charge in [-0.25, -0.2) is 9.37 Å². The number of hydrogen-bond donors (Lipinski definition) is 1. The monoisotopic (exact) mass is 316 g/mol. The maximum Gasteiger partial charge on any atom is 0.404 e. The van der Waals surface area contributed by atoms with Gasteiger partial charge in [-0.3, -0.25) is 0 Å². The van der Waals surface area contributed by atoms with Crippen LogP contribution in [-0.2, 0) is 6.42 Å². The maximum atomic E-state index is 13.0. The summed E-state index contributed by atoms with van der Waals surface area (Å²) in [5.74, 6) is -0.641. The van der Waals surface area contributed by atoms with Gasteiger partial charge in [0.25, 0.3) is 0 Å². The molecule has 0 radical (unpaired) electrons. The van der Waals surface area contributed by atoms with Gasteiger partial charge in [-0.15, -0.1) is 0 Å². The molecule has 5 nitrogen and oxygen atoms in total. The van der Waals surface area contributed by atoms with Crippen LogP contribution >= 0.6 is 0 Å². The molecular weight excluding hydrogens is 304 g/mol. The molecule has 9 heteroatoms. The van der Waals surface area contributed by atoms with Crippen LogP contribution in [0.3, 0.4) is 0 Å². The van der Waals surface area contributed by atoms with Crippen LogP contribution in [0.15, 0.2) is 22.9 Å². The van der Waals surface area contributed by atoms with Crippen LogP contribution in [0, 0.1) is 5.82 Å². The Labute approximate surface area is 122 Å². The Bertz CT molecular complexity index is 636. The van der Waals surface area contributed by atoms with Crippen LogP contribution in [0.2, 0.25) is 0 Å². The molecule has 1 unspecified atom stereocenters. The van der Waals surface area contributed by atoms with Crippen molar-refractivity contribution in [3.63, 3.8) is 0 Å². The Kier molecular flexibility index (Phi) is 3.81. The van der Waals surface area contributed by atoms with Gasteiger partial charge in [0, 0.05) is 6.04 Å². The summed E-state index contributed by atoms with van der Waals surface area (Å²) < 4.78 is 56.5. The van der Waals surface area contributed by atoms with Crippen LogP contribution in [0.25, 0.3) is 11.5 Å². The zero-order valence-electron chi connectivity index (χ0n) is 11.3. The molecule has 1 aliphatic rings. The van der Waals surface area contributed by atoms with E-state index in [0.717, 1.165) is 25.1 Å². The van der Waals surface area contributed by atoms with Crippen molar-refractivity contribution in [2.75, 3.05) is 0 Å². The van der Waals surface area contributed by atoms with Gasteiger partial charge in [0.05, 0.1) is 12.6 Å². The summed E-state index contributed by atoms with van der Waals surface area (Å²) in [5, 5.41) is 6.10. The first kappa shape index (κ1) is 14.9. The average Bonchev–Trinajstić information content (AvgIpc) is 3.15. The highest BCUT2D eigenvalue weighted by molar-refractivity contribution is 5.47.